The van der Waals surface area contributed by atoms with Gasteiger partial charge in [0.25, 0.3) is 0 Å². The van der Waals surface area contributed by atoms with E-state index in [0.717, 1.165) is 0 Å². The van der Waals surface area contributed by atoms with Crippen molar-refractivity contribution in [3.63, 3.8) is 0 Å². The van der Waals surface area contributed by atoms with Crippen LogP contribution in [0.3, 0.4) is 0 Å². The number of rotatable bonds is 5. The van der Waals surface area contributed by atoms with Crippen LogP contribution in [0, 0.1) is 0 Å². The topological polar surface area (TPSA) is 21.3 Å². The molecule has 0 aromatic carbocycles. The fourth-order valence-electron chi connectivity index (χ4n) is 0.572. The molecule has 68 valence electrons. The summed E-state index contributed by atoms with van der Waals surface area (Å²) in [5.74, 6) is 0. The Hall–Kier alpha value is -0.290. The van der Waals surface area contributed by atoms with Crippen molar-refractivity contribution in [1.29, 1.82) is 0 Å². The Kier molecular flexibility index (Phi) is 5.23. The van der Waals surface area contributed by atoms with E-state index in [-0.39, 0.29) is 0 Å². The van der Waals surface area contributed by atoms with E-state index in [1.165, 1.54) is 7.11 Å². The van der Waals surface area contributed by atoms with Crippen molar-refractivity contribution >= 4 is 0 Å². The van der Waals surface area contributed by atoms with E-state index < -0.39 is 12.7 Å². The zero-order chi connectivity index (χ0) is 8.74. The minimum Gasteiger partial charge on any atom is -0.385 e. The second-order valence-corrected chi connectivity index (χ2v) is 2.14. The van der Waals surface area contributed by atoms with E-state index in [2.05, 4.69) is 10.1 Å². The van der Waals surface area contributed by atoms with E-state index >= 15 is 0 Å². The summed E-state index contributed by atoms with van der Waals surface area (Å²) in [7, 11) is 1.52. The summed E-state index contributed by atoms with van der Waals surface area (Å²) < 4.78 is 39.1. The lowest BCUT2D eigenvalue weighted by atomic mass is 10.4. The Balaban J connectivity index is 3.02. The van der Waals surface area contributed by atoms with Crippen LogP contribution in [0.25, 0.3) is 0 Å². The average Bonchev–Trinajstić information content (AvgIpc) is 1.85. The van der Waals surface area contributed by atoms with Crippen LogP contribution in [0.2, 0.25) is 0 Å². The van der Waals surface area contributed by atoms with Gasteiger partial charge in [-0.2, -0.15) is 13.2 Å². The molecule has 0 saturated heterocycles. The molecule has 0 amide bonds. The van der Waals surface area contributed by atoms with Crippen molar-refractivity contribution in [1.82, 2.24) is 5.32 Å². The Morgan fingerprint density at radius 1 is 1.36 bits per heavy atom. The van der Waals surface area contributed by atoms with E-state index in [0.29, 0.717) is 19.6 Å². The molecule has 0 unspecified atom stereocenters. The fourth-order valence-corrected chi connectivity index (χ4v) is 0.572. The average molecular weight is 171 g/mol. The van der Waals surface area contributed by atoms with Crippen LogP contribution in [0.4, 0.5) is 13.2 Å². The Labute approximate surface area is 63.7 Å². The Morgan fingerprint density at radius 3 is 2.45 bits per heavy atom. The minimum atomic E-state index is -4.10. The van der Waals surface area contributed by atoms with Crippen LogP contribution in [0.1, 0.15) is 6.42 Å². The summed E-state index contributed by atoms with van der Waals surface area (Å²) in [6.07, 6.45) is -3.50. The molecule has 0 aromatic heterocycles. The normalized spacial score (nSPS) is 12.0. The van der Waals surface area contributed by atoms with Gasteiger partial charge in [0.05, 0.1) is 6.54 Å². The van der Waals surface area contributed by atoms with Gasteiger partial charge in [-0.05, 0) is 13.0 Å². The Morgan fingerprint density at radius 2 is 2.00 bits per heavy atom. The van der Waals surface area contributed by atoms with Crippen LogP contribution >= 0.6 is 0 Å². The van der Waals surface area contributed by atoms with Gasteiger partial charge in [0.1, 0.15) is 0 Å². The van der Waals surface area contributed by atoms with Crippen LogP contribution in [0.15, 0.2) is 0 Å². The van der Waals surface area contributed by atoms with Crippen molar-refractivity contribution in [2.45, 2.75) is 12.6 Å². The third-order valence-electron chi connectivity index (χ3n) is 1.03. The van der Waals surface area contributed by atoms with E-state index in [4.69, 9.17) is 0 Å². The van der Waals surface area contributed by atoms with Crippen LogP contribution in [-0.4, -0.2) is 33.0 Å². The lowest BCUT2D eigenvalue weighted by Crippen LogP contribution is -2.29. The third kappa shape index (κ3) is 9.71. The van der Waals surface area contributed by atoms with Gasteiger partial charge in [0.15, 0.2) is 0 Å². The molecule has 0 radical (unpaired) electrons. The quantitative estimate of drug-likeness (QED) is 0.627. The van der Waals surface area contributed by atoms with Crippen molar-refractivity contribution in [3.05, 3.63) is 0 Å². The molecule has 0 aliphatic heterocycles. The molecule has 0 aliphatic carbocycles. The second kappa shape index (κ2) is 5.37. The van der Waals surface area contributed by atoms with Crippen LogP contribution in [-0.2, 0) is 4.74 Å². The molecule has 5 heteroatoms. The first-order valence-electron chi connectivity index (χ1n) is 3.32. The van der Waals surface area contributed by atoms with Gasteiger partial charge in [0, 0.05) is 13.7 Å². The molecule has 0 aliphatic rings. The van der Waals surface area contributed by atoms with Crippen LogP contribution < -0.4 is 5.32 Å². The lowest BCUT2D eigenvalue weighted by Gasteiger charge is -2.06. The highest BCUT2D eigenvalue weighted by Crippen LogP contribution is 2.11. The first-order chi connectivity index (χ1) is 5.06. The first kappa shape index (κ1) is 10.7. The van der Waals surface area contributed by atoms with Crippen molar-refractivity contribution < 1.29 is 17.9 Å². The summed E-state index contributed by atoms with van der Waals surface area (Å²) in [5.41, 5.74) is 0. The Bertz CT molecular complexity index is 94.3. The third-order valence-corrected chi connectivity index (χ3v) is 1.03. The molecule has 2 nitrogen and oxygen atoms in total. The number of nitrogens with one attached hydrogen (secondary N) is 1. The maximum absolute atomic E-state index is 11.5. The molecule has 11 heavy (non-hydrogen) atoms. The highest BCUT2D eigenvalue weighted by Gasteiger charge is 2.25. The van der Waals surface area contributed by atoms with Gasteiger partial charge >= 0.3 is 6.18 Å². The molecule has 0 heterocycles. The molecule has 0 rings (SSSR count). The minimum absolute atomic E-state index is 0.341. The van der Waals surface area contributed by atoms with Crippen molar-refractivity contribution in [2.24, 2.45) is 0 Å². The second-order valence-electron chi connectivity index (χ2n) is 2.14. The fraction of sp³-hybridized carbons (Fsp3) is 1.00. The number of alkyl halides is 3. The van der Waals surface area contributed by atoms with Gasteiger partial charge in [0.2, 0.25) is 0 Å². The summed E-state index contributed by atoms with van der Waals surface area (Å²) in [6, 6.07) is 0. The summed E-state index contributed by atoms with van der Waals surface area (Å²) >= 11 is 0. The highest BCUT2D eigenvalue weighted by atomic mass is 19.4. The summed E-state index contributed by atoms with van der Waals surface area (Å²) in [5, 5.41) is 2.26. The van der Waals surface area contributed by atoms with E-state index in [1.54, 1.807) is 0 Å². The van der Waals surface area contributed by atoms with Gasteiger partial charge in [-0.1, -0.05) is 0 Å². The molecule has 0 saturated carbocycles. The van der Waals surface area contributed by atoms with Gasteiger partial charge in [-0.25, -0.2) is 0 Å². The molecule has 1 N–H and O–H groups in total. The summed E-state index contributed by atoms with van der Waals surface area (Å²) in [4.78, 5) is 0. The predicted octanol–water partition coefficient (Wildman–Crippen LogP) is 1.17. The number of hydrogen-bond donors (Lipinski definition) is 1. The zero-order valence-corrected chi connectivity index (χ0v) is 6.37. The smallest absolute Gasteiger partial charge is 0.385 e. The van der Waals surface area contributed by atoms with Crippen molar-refractivity contribution in [3.8, 4) is 0 Å². The zero-order valence-electron chi connectivity index (χ0n) is 6.37. The van der Waals surface area contributed by atoms with Gasteiger partial charge in [-0.15, -0.1) is 0 Å². The largest absolute Gasteiger partial charge is 0.401 e. The maximum Gasteiger partial charge on any atom is 0.401 e. The first-order valence-corrected chi connectivity index (χ1v) is 3.32. The molecule has 0 spiro atoms. The standard InChI is InChI=1S/C6H12F3NO/c1-11-4-2-3-10-5-6(7,8)9/h10H,2-5H2,1H3. The number of halogens is 3. The van der Waals surface area contributed by atoms with Gasteiger partial charge in [-0.3, -0.25) is 0 Å². The van der Waals surface area contributed by atoms with E-state index in [1.807, 2.05) is 0 Å². The molecule has 0 bridgehead atoms. The maximum atomic E-state index is 11.5. The van der Waals surface area contributed by atoms with Gasteiger partial charge < -0.3 is 10.1 Å². The monoisotopic (exact) mass is 171 g/mol. The molecule has 0 aromatic rings. The number of hydrogen-bond acceptors (Lipinski definition) is 2. The lowest BCUT2D eigenvalue weighted by molar-refractivity contribution is -0.124. The van der Waals surface area contributed by atoms with Crippen molar-refractivity contribution in [2.75, 3.05) is 26.8 Å². The van der Waals surface area contributed by atoms with Crippen LogP contribution in [0.5, 0.6) is 0 Å². The highest BCUT2D eigenvalue weighted by molar-refractivity contribution is 4.54. The SMILES string of the molecule is COCCCNCC(F)(F)F. The number of ether oxygens (including phenoxy) is 1. The molecular weight excluding hydrogens is 159 g/mol. The molecule has 0 atom stereocenters. The summed E-state index contributed by atoms with van der Waals surface area (Å²) in [6.45, 7) is -0.0884. The van der Waals surface area contributed by atoms with E-state index in [9.17, 15) is 13.2 Å². The molecular formula is C6H12F3NO. The predicted molar refractivity (Wildman–Crippen MR) is 35.4 cm³/mol. The molecule has 0 fully saturated rings. The number of methoxy groups -OCH3 is 1.